The molecule has 0 bridgehead atoms. The highest BCUT2D eigenvalue weighted by Crippen LogP contribution is 2.21. The SMILES string of the molecule is CC(C)(Oc1ccc(C(=O)c2ccc(Cl)cc2)cc1)C(=O)N[C@H](CCCCN)C(=O)O. The number of rotatable bonds is 11. The molecule has 0 saturated heterocycles. The summed E-state index contributed by atoms with van der Waals surface area (Å²) in [4.78, 5) is 36.6. The number of benzene rings is 2. The van der Waals surface area contributed by atoms with E-state index in [-0.39, 0.29) is 12.2 Å². The second kappa shape index (κ2) is 10.9. The van der Waals surface area contributed by atoms with Crippen LogP contribution < -0.4 is 15.8 Å². The van der Waals surface area contributed by atoms with E-state index in [1.807, 2.05) is 0 Å². The Kier molecular flexibility index (Phi) is 8.59. The molecule has 4 N–H and O–H groups in total. The molecule has 2 rings (SSSR count). The summed E-state index contributed by atoms with van der Waals surface area (Å²) in [6.07, 6.45) is 1.56. The summed E-state index contributed by atoms with van der Waals surface area (Å²) in [5, 5.41) is 12.4. The summed E-state index contributed by atoms with van der Waals surface area (Å²) in [6.45, 7) is 3.56. The molecule has 1 atom stereocenters. The molecule has 0 saturated carbocycles. The number of carbonyl (C=O) groups excluding carboxylic acids is 2. The van der Waals surface area contributed by atoms with Crippen LogP contribution in [-0.4, -0.2) is 41.0 Å². The third-order valence-electron chi connectivity index (χ3n) is 4.69. The number of ether oxygens (including phenoxy) is 1. The lowest BCUT2D eigenvalue weighted by molar-refractivity contribution is -0.145. The van der Waals surface area contributed by atoms with Crippen molar-refractivity contribution in [2.24, 2.45) is 5.73 Å². The fourth-order valence-electron chi connectivity index (χ4n) is 2.87. The summed E-state index contributed by atoms with van der Waals surface area (Å²) in [5.74, 6) is -1.44. The van der Waals surface area contributed by atoms with Crippen LogP contribution in [0.2, 0.25) is 5.02 Å². The Bertz CT molecular complexity index is 911. The number of amides is 1. The van der Waals surface area contributed by atoms with Crippen molar-refractivity contribution in [1.29, 1.82) is 0 Å². The van der Waals surface area contributed by atoms with Crippen LogP contribution in [0.5, 0.6) is 5.75 Å². The molecule has 2 aromatic carbocycles. The van der Waals surface area contributed by atoms with E-state index >= 15 is 0 Å². The van der Waals surface area contributed by atoms with E-state index in [4.69, 9.17) is 22.1 Å². The summed E-state index contributed by atoms with van der Waals surface area (Å²) >= 11 is 5.85. The first kappa shape index (κ1) is 24.4. The van der Waals surface area contributed by atoms with Crippen molar-refractivity contribution in [2.45, 2.75) is 44.8 Å². The lowest BCUT2D eigenvalue weighted by Crippen LogP contribution is -2.52. The van der Waals surface area contributed by atoms with Gasteiger partial charge in [0.15, 0.2) is 11.4 Å². The number of hydrogen-bond acceptors (Lipinski definition) is 5. The molecule has 2 aromatic rings. The Morgan fingerprint density at radius 3 is 2.10 bits per heavy atom. The van der Waals surface area contributed by atoms with Crippen LogP contribution in [0.25, 0.3) is 0 Å². The third kappa shape index (κ3) is 7.08. The average Bonchev–Trinajstić information content (AvgIpc) is 2.73. The number of carboxylic acid groups (broad SMARTS) is 1. The first-order chi connectivity index (χ1) is 14.6. The lowest BCUT2D eigenvalue weighted by atomic mass is 10.0. The number of ketones is 1. The van der Waals surface area contributed by atoms with Gasteiger partial charge in [0.1, 0.15) is 11.8 Å². The number of carboxylic acids is 1. The predicted molar refractivity (Wildman–Crippen MR) is 119 cm³/mol. The smallest absolute Gasteiger partial charge is 0.326 e. The van der Waals surface area contributed by atoms with Gasteiger partial charge in [0, 0.05) is 16.1 Å². The number of halogens is 1. The van der Waals surface area contributed by atoms with E-state index in [0.717, 1.165) is 0 Å². The monoisotopic (exact) mass is 446 g/mol. The van der Waals surface area contributed by atoms with Gasteiger partial charge in [-0.3, -0.25) is 9.59 Å². The molecular weight excluding hydrogens is 420 g/mol. The Hall–Kier alpha value is -2.90. The topological polar surface area (TPSA) is 119 Å². The molecule has 0 spiro atoms. The predicted octanol–water partition coefficient (Wildman–Crippen LogP) is 3.43. The molecule has 0 aliphatic heterocycles. The second-order valence-corrected chi connectivity index (χ2v) is 8.06. The van der Waals surface area contributed by atoms with Gasteiger partial charge in [-0.2, -0.15) is 0 Å². The van der Waals surface area contributed by atoms with E-state index < -0.39 is 23.5 Å². The van der Waals surface area contributed by atoms with Crippen molar-refractivity contribution in [3.05, 3.63) is 64.7 Å². The number of nitrogens with one attached hydrogen (secondary N) is 1. The molecule has 166 valence electrons. The standard InChI is InChI=1S/C23H27ClN2O5/c1-23(2,22(30)26-19(21(28)29)5-3-4-14-25)31-18-12-8-16(9-13-18)20(27)15-6-10-17(24)11-7-15/h6-13,19H,3-5,14,25H2,1-2H3,(H,26,30)(H,28,29)/t19-/m1/s1. The maximum atomic E-state index is 12.6. The Morgan fingerprint density at radius 2 is 1.58 bits per heavy atom. The molecule has 0 aliphatic rings. The van der Waals surface area contributed by atoms with Gasteiger partial charge in [0.25, 0.3) is 5.91 Å². The van der Waals surface area contributed by atoms with Gasteiger partial charge in [-0.1, -0.05) is 11.6 Å². The van der Waals surface area contributed by atoms with E-state index in [2.05, 4.69) is 5.32 Å². The molecule has 0 aliphatic carbocycles. The van der Waals surface area contributed by atoms with Crippen LogP contribution in [0.4, 0.5) is 0 Å². The van der Waals surface area contributed by atoms with Crippen LogP contribution in [0.1, 0.15) is 49.0 Å². The quantitative estimate of drug-likeness (QED) is 0.359. The Morgan fingerprint density at radius 1 is 1.03 bits per heavy atom. The molecule has 0 fully saturated rings. The van der Waals surface area contributed by atoms with Crippen LogP contribution in [0.3, 0.4) is 0 Å². The van der Waals surface area contributed by atoms with Gasteiger partial charge in [0.05, 0.1) is 0 Å². The average molecular weight is 447 g/mol. The van der Waals surface area contributed by atoms with Crippen LogP contribution in [0, 0.1) is 0 Å². The first-order valence-electron chi connectivity index (χ1n) is 9.97. The second-order valence-electron chi connectivity index (χ2n) is 7.62. The van der Waals surface area contributed by atoms with Gasteiger partial charge in [-0.05, 0) is 88.2 Å². The number of unbranched alkanes of at least 4 members (excludes halogenated alkanes) is 1. The summed E-state index contributed by atoms with van der Waals surface area (Å²) in [7, 11) is 0. The highest BCUT2D eigenvalue weighted by atomic mass is 35.5. The molecule has 0 unspecified atom stereocenters. The number of nitrogens with two attached hydrogens (primary N) is 1. The van der Waals surface area contributed by atoms with Gasteiger partial charge in [0.2, 0.25) is 0 Å². The van der Waals surface area contributed by atoms with Gasteiger partial charge < -0.3 is 20.9 Å². The van der Waals surface area contributed by atoms with Crippen LogP contribution in [-0.2, 0) is 9.59 Å². The van der Waals surface area contributed by atoms with Crippen molar-refractivity contribution in [1.82, 2.24) is 5.32 Å². The number of aliphatic carboxylic acids is 1. The van der Waals surface area contributed by atoms with Crippen LogP contribution >= 0.6 is 11.6 Å². The van der Waals surface area contributed by atoms with Crippen LogP contribution in [0.15, 0.2) is 48.5 Å². The molecule has 0 radical (unpaired) electrons. The lowest BCUT2D eigenvalue weighted by Gasteiger charge is -2.27. The minimum absolute atomic E-state index is 0.165. The minimum Gasteiger partial charge on any atom is -0.480 e. The molecule has 1 amide bonds. The zero-order valence-corrected chi connectivity index (χ0v) is 18.3. The Balaban J connectivity index is 2.03. The van der Waals surface area contributed by atoms with Gasteiger partial charge >= 0.3 is 5.97 Å². The normalized spacial score (nSPS) is 12.1. The van der Waals surface area contributed by atoms with Crippen molar-refractivity contribution in [3.8, 4) is 5.75 Å². The number of hydrogen-bond donors (Lipinski definition) is 3. The Labute approximate surface area is 186 Å². The maximum Gasteiger partial charge on any atom is 0.326 e. The van der Waals surface area contributed by atoms with E-state index in [1.54, 1.807) is 62.4 Å². The molecule has 31 heavy (non-hydrogen) atoms. The van der Waals surface area contributed by atoms with Crippen molar-refractivity contribution >= 4 is 29.3 Å². The zero-order chi connectivity index (χ0) is 23.0. The molecule has 7 nitrogen and oxygen atoms in total. The summed E-state index contributed by atoms with van der Waals surface area (Å²) in [5.41, 5.74) is 5.09. The van der Waals surface area contributed by atoms with E-state index in [1.165, 1.54) is 0 Å². The minimum atomic E-state index is -1.32. The first-order valence-corrected chi connectivity index (χ1v) is 10.3. The number of carbonyl (C=O) groups is 3. The van der Waals surface area contributed by atoms with Gasteiger partial charge in [-0.25, -0.2) is 4.79 Å². The highest BCUT2D eigenvalue weighted by molar-refractivity contribution is 6.30. The molecular formula is C23H27ClN2O5. The van der Waals surface area contributed by atoms with Crippen molar-refractivity contribution in [2.75, 3.05) is 6.54 Å². The molecule has 8 heteroatoms. The zero-order valence-electron chi connectivity index (χ0n) is 17.6. The highest BCUT2D eigenvalue weighted by Gasteiger charge is 2.33. The third-order valence-corrected chi connectivity index (χ3v) is 4.95. The fourth-order valence-corrected chi connectivity index (χ4v) is 2.99. The summed E-state index contributed by atoms with van der Waals surface area (Å²) in [6, 6.07) is 12.0. The summed E-state index contributed by atoms with van der Waals surface area (Å²) < 4.78 is 5.77. The molecule has 0 aromatic heterocycles. The van der Waals surface area contributed by atoms with E-state index in [9.17, 15) is 19.5 Å². The van der Waals surface area contributed by atoms with E-state index in [0.29, 0.717) is 41.3 Å². The van der Waals surface area contributed by atoms with Crippen molar-refractivity contribution < 1.29 is 24.2 Å². The van der Waals surface area contributed by atoms with Crippen molar-refractivity contribution in [3.63, 3.8) is 0 Å². The van der Waals surface area contributed by atoms with Gasteiger partial charge in [-0.15, -0.1) is 0 Å². The largest absolute Gasteiger partial charge is 0.480 e. The molecule has 0 heterocycles. The maximum absolute atomic E-state index is 12.6. The fraction of sp³-hybridized carbons (Fsp3) is 0.348.